The maximum atomic E-state index is 12.6. The van der Waals surface area contributed by atoms with E-state index in [0.717, 1.165) is 161 Å². The van der Waals surface area contributed by atoms with Crippen LogP contribution >= 0.6 is 0 Å². The fourth-order valence-electron chi connectivity index (χ4n) is 9.32. The molecule has 2 aromatic carbocycles. The van der Waals surface area contributed by atoms with Gasteiger partial charge in [-0.05, 0) is 111 Å². The van der Waals surface area contributed by atoms with Crippen molar-refractivity contribution < 1.29 is 14.3 Å². The van der Waals surface area contributed by atoms with Crippen LogP contribution in [-0.4, -0.2) is 184 Å². The lowest BCUT2D eigenvalue weighted by molar-refractivity contribution is 0.122. The third-order valence-corrected chi connectivity index (χ3v) is 13.8. The van der Waals surface area contributed by atoms with Gasteiger partial charge in [-0.3, -0.25) is 19.8 Å². The number of nitrogen functional groups attached to an aromatic ring is 2. The summed E-state index contributed by atoms with van der Waals surface area (Å²) >= 11 is 0. The van der Waals surface area contributed by atoms with Crippen LogP contribution in [0.25, 0.3) is 33.8 Å². The molecule has 396 valence electrons. The van der Waals surface area contributed by atoms with Crippen molar-refractivity contribution in [1.82, 2.24) is 58.8 Å². The first-order valence-corrected chi connectivity index (χ1v) is 26.0. The Balaban J connectivity index is 0.000000148. The van der Waals surface area contributed by atoms with Crippen LogP contribution in [0.1, 0.15) is 11.4 Å². The van der Waals surface area contributed by atoms with Crippen molar-refractivity contribution in [2.75, 3.05) is 151 Å². The van der Waals surface area contributed by atoms with Gasteiger partial charge in [-0.2, -0.15) is 0 Å². The first-order chi connectivity index (χ1) is 37.1. The van der Waals surface area contributed by atoms with Gasteiger partial charge in [-0.25, -0.2) is 23.8 Å². The van der Waals surface area contributed by atoms with Gasteiger partial charge >= 0.3 is 6.03 Å². The lowest BCUT2D eigenvalue weighted by atomic mass is 10.2. The van der Waals surface area contributed by atoms with E-state index in [9.17, 15) is 4.79 Å². The number of hydrogen-bond donors (Lipinski definition) is 4. The minimum Gasteiger partial charge on any atom is -0.399 e. The van der Waals surface area contributed by atoms with Gasteiger partial charge in [-0.1, -0.05) is 0 Å². The number of fused-ring (bicyclic) bond motifs is 2. The van der Waals surface area contributed by atoms with E-state index in [0.29, 0.717) is 36.2 Å². The highest BCUT2D eigenvalue weighted by molar-refractivity contribution is 5.99. The van der Waals surface area contributed by atoms with Gasteiger partial charge in [0, 0.05) is 127 Å². The van der Waals surface area contributed by atoms with Crippen molar-refractivity contribution in [3.8, 4) is 22.8 Å². The third kappa shape index (κ3) is 13.5. The number of nitrogens with one attached hydrogen (secondary N) is 2. The number of nitrogens with zero attached hydrogens (tertiary/aromatic N) is 14. The molecule has 4 aliphatic rings. The highest BCUT2D eigenvalue weighted by Gasteiger charge is 2.21. The van der Waals surface area contributed by atoms with Gasteiger partial charge < -0.3 is 51.2 Å². The summed E-state index contributed by atoms with van der Waals surface area (Å²) in [6.45, 7) is 16.7. The Morgan fingerprint density at radius 2 is 0.947 bits per heavy atom. The lowest BCUT2D eigenvalue weighted by Crippen LogP contribution is -2.43. The highest BCUT2D eigenvalue weighted by Crippen LogP contribution is 2.27. The summed E-state index contributed by atoms with van der Waals surface area (Å²) in [5.41, 5.74) is 20.1. The van der Waals surface area contributed by atoms with E-state index < -0.39 is 0 Å². The minimum absolute atomic E-state index is 0.323. The zero-order valence-electron chi connectivity index (χ0n) is 43.4. The molecular weight excluding hydrogens is 961 g/mol. The van der Waals surface area contributed by atoms with Gasteiger partial charge in [0.1, 0.15) is 11.0 Å². The Hall–Kier alpha value is -7.79. The van der Waals surface area contributed by atoms with E-state index in [2.05, 4.69) is 69.2 Å². The molecule has 0 saturated carbocycles. The smallest absolute Gasteiger partial charge is 0.323 e. The molecule has 0 unspecified atom stereocenters. The quantitative estimate of drug-likeness (QED) is 0.129. The number of urea groups is 1. The summed E-state index contributed by atoms with van der Waals surface area (Å²) in [5, 5.41) is 15.0. The van der Waals surface area contributed by atoms with Crippen molar-refractivity contribution in [3.63, 3.8) is 0 Å². The summed E-state index contributed by atoms with van der Waals surface area (Å²) in [4.78, 5) is 45.1. The zero-order chi connectivity index (χ0) is 52.2. The van der Waals surface area contributed by atoms with Crippen LogP contribution in [0.2, 0.25) is 0 Å². The van der Waals surface area contributed by atoms with E-state index in [-0.39, 0.29) is 6.03 Å². The summed E-state index contributed by atoms with van der Waals surface area (Å²) in [5.74, 6) is 3.18. The molecule has 0 spiro atoms. The van der Waals surface area contributed by atoms with Crippen molar-refractivity contribution in [3.05, 3.63) is 133 Å². The Morgan fingerprint density at radius 1 is 0.513 bits per heavy atom. The molecule has 6 aromatic heterocycles. The summed E-state index contributed by atoms with van der Waals surface area (Å²) in [6, 6.07) is 30.6. The molecule has 4 aliphatic heterocycles. The number of carbonyl (C=O) groups excluding carboxylic acids is 1. The number of piperazine rings is 2. The summed E-state index contributed by atoms with van der Waals surface area (Å²) < 4.78 is 14.7. The number of ether oxygens (including phenoxy) is 2. The summed E-state index contributed by atoms with van der Waals surface area (Å²) in [6.07, 6.45) is 7.31. The molecule has 4 fully saturated rings. The van der Waals surface area contributed by atoms with Gasteiger partial charge in [-0.15, -0.1) is 10.2 Å². The second-order valence-corrected chi connectivity index (χ2v) is 19.5. The van der Waals surface area contributed by atoms with Crippen LogP contribution in [0.15, 0.2) is 122 Å². The van der Waals surface area contributed by atoms with Crippen LogP contribution in [0, 0.1) is 0 Å². The van der Waals surface area contributed by atoms with Gasteiger partial charge in [0.15, 0.2) is 23.3 Å². The Morgan fingerprint density at radius 3 is 1.41 bits per heavy atom. The number of nitrogens with two attached hydrogens (primary N) is 2. The van der Waals surface area contributed by atoms with Crippen LogP contribution in [0.3, 0.4) is 0 Å². The number of hydrogen-bond acceptors (Lipinski definition) is 17. The predicted molar refractivity (Wildman–Crippen MR) is 298 cm³/mol. The van der Waals surface area contributed by atoms with E-state index in [4.69, 9.17) is 36.0 Å². The molecule has 0 aliphatic carbocycles. The van der Waals surface area contributed by atoms with E-state index in [1.807, 2.05) is 118 Å². The molecule has 76 heavy (non-hydrogen) atoms. The Kier molecular flexibility index (Phi) is 16.8. The maximum absolute atomic E-state index is 12.6. The van der Waals surface area contributed by atoms with Gasteiger partial charge in [0.2, 0.25) is 0 Å². The zero-order valence-corrected chi connectivity index (χ0v) is 43.4. The molecule has 21 heteroatoms. The first-order valence-electron chi connectivity index (χ1n) is 26.0. The molecular formula is C55H68N18O3. The molecule has 21 nitrogen and oxygen atoms in total. The molecule has 2 amide bonds. The largest absolute Gasteiger partial charge is 0.399 e. The predicted octanol–water partition coefficient (Wildman–Crippen LogP) is 5.25. The third-order valence-electron chi connectivity index (χ3n) is 13.8. The monoisotopic (exact) mass is 1030 g/mol. The molecule has 8 aromatic rings. The van der Waals surface area contributed by atoms with Gasteiger partial charge in [0.05, 0.1) is 61.6 Å². The normalized spacial score (nSPS) is 16.9. The number of carbonyl (C=O) groups is 1. The number of likely N-dealkylation sites (N-methyl/N-ethyl adjacent to an activating group) is 2. The molecule has 4 saturated heterocycles. The first kappa shape index (κ1) is 51.7. The van der Waals surface area contributed by atoms with Crippen molar-refractivity contribution in [1.29, 1.82) is 0 Å². The number of benzene rings is 2. The molecule has 0 atom stereocenters. The Bertz CT molecular complexity index is 3110. The van der Waals surface area contributed by atoms with E-state index in [1.54, 1.807) is 12.4 Å². The fraction of sp³-hybridized carbons (Fsp3) is 0.364. The number of rotatable bonds is 10. The molecule has 0 bridgehead atoms. The topological polar surface area (TPSA) is 217 Å². The minimum atomic E-state index is -0.323. The van der Waals surface area contributed by atoms with Crippen LogP contribution in [-0.2, 0) is 22.6 Å². The molecule has 12 rings (SSSR count). The molecule has 10 heterocycles. The van der Waals surface area contributed by atoms with Gasteiger partial charge in [0.25, 0.3) is 0 Å². The van der Waals surface area contributed by atoms with E-state index in [1.165, 1.54) is 0 Å². The Labute approximate surface area is 443 Å². The van der Waals surface area contributed by atoms with Crippen LogP contribution in [0.4, 0.5) is 39.2 Å². The molecule has 0 radical (unpaired) electrons. The number of pyridine rings is 2. The average molecular weight is 1030 g/mol. The van der Waals surface area contributed by atoms with Crippen molar-refractivity contribution in [2.24, 2.45) is 0 Å². The standard InChI is InChI=1S/C28H33N9O2.C16H17N5O.C11H18N4/c1-34-11-13-35(14-12-34)20-24-9-8-23(19-29-24)31-28(38)30-22-6-4-21(5-7-22)26-32-27(36-15-17-39-18-16-36)25-3-2-10-37(25)33-26;17-13-5-3-12(4-6-13)15-18-16(20-8-10-22-11-9-20)14-2-1-7-21(14)19-15;1-14-4-6-15(7-5-14)9-11-3-2-10(12)8-13-11/h2-10,19H,11-18,20H2,1H3,(H2,30,31,38);1-7H,8-11,17H2;2-3,8H,4-7,9,12H2,1H3. The maximum Gasteiger partial charge on any atom is 0.323 e. The highest BCUT2D eigenvalue weighted by atomic mass is 16.5. The van der Waals surface area contributed by atoms with Crippen LogP contribution < -0.4 is 31.9 Å². The van der Waals surface area contributed by atoms with Crippen LogP contribution in [0.5, 0.6) is 0 Å². The number of morpholine rings is 2. The van der Waals surface area contributed by atoms with E-state index >= 15 is 0 Å². The number of amides is 2. The van der Waals surface area contributed by atoms with Crippen molar-refractivity contribution in [2.45, 2.75) is 13.1 Å². The summed E-state index contributed by atoms with van der Waals surface area (Å²) in [7, 11) is 4.31. The second kappa shape index (κ2) is 24.7. The lowest BCUT2D eigenvalue weighted by Gasteiger charge is -2.32. The fourth-order valence-corrected chi connectivity index (χ4v) is 9.32. The second-order valence-electron chi connectivity index (χ2n) is 19.5. The SMILES string of the molecule is CN1CCN(Cc2ccc(N)cn2)CC1.CN1CCN(Cc2ccc(NC(=O)Nc3ccc(-c4nc(N5CCOCC5)c5cccn5n4)cc3)cn2)CC1.Nc1ccc(-c2nc(N3CCOCC3)c3cccn3n2)cc1. The number of aromatic nitrogens is 8. The molecule has 6 N–H and O–H groups in total. The van der Waals surface area contributed by atoms with Crippen molar-refractivity contribution >= 4 is 51.4 Å². The number of anilines is 6. The average Bonchev–Trinajstić information content (AvgIpc) is 4.15.